The molecule has 2 aliphatic heterocycles. The Morgan fingerprint density at radius 2 is 2.15 bits per heavy atom. The molecule has 1 N–H and O–H groups in total. The van der Waals surface area contributed by atoms with Crippen LogP contribution in [0.2, 0.25) is 0 Å². The molecule has 1 saturated heterocycles. The standard InChI is InChI=1S/C14H22N4O2/c1-15-14(19)12-10-18-7-6-17(5-2-13(18)16-12)11-3-8-20-9-4-11/h10-11H,2-9H2,1H3,(H,15,19). The second-order valence-corrected chi connectivity index (χ2v) is 5.44. The molecule has 3 heterocycles. The molecule has 1 aromatic heterocycles. The predicted molar refractivity (Wildman–Crippen MR) is 74.7 cm³/mol. The molecule has 0 unspecified atom stereocenters. The van der Waals surface area contributed by atoms with Gasteiger partial charge >= 0.3 is 0 Å². The lowest BCUT2D eigenvalue weighted by Gasteiger charge is -2.33. The van der Waals surface area contributed by atoms with E-state index in [-0.39, 0.29) is 5.91 Å². The second-order valence-electron chi connectivity index (χ2n) is 5.44. The third kappa shape index (κ3) is 2.71. The van der Waals surface area contributed by atoms with Gasteiger partial charge in [0.25, 0.3) is 5.91 Å². The van der Waals surface area contributed by atoms with Gasteiger partial charge in [0.05, 0.1) is 0 Å². The normalized spacial score (nSPS) is 21.2. The Hall–Kier alpha value is -1.40. The van der Waals surface area contributed by atoms with E-state index in [1.807, 2.05) is 6.20 Å². The van der Waals surface area contributed by atoms with Crippen LogP contribution in [0.4, 0.5) is 0 Å². The predicted octanol–water partition coefficient (Wildman–Crippen LogP) is 0.280. The number of nitrogens with one attached hydrogen (secondary N) is 1. The number of fused-ring (bicyclic) bond motifs is 1. The van der Waals surface area contributed by atoms with Crippen LogP contribution < -0.4 is 5.32 Å². The van der Waals surface area contributed by atoms with Crippen LogP contribution in [0, 0.1) is 0 Å². The SMILES string of the molecule is CNC(=O)c1cn2c(n1)CCN(C1CCOCC1)CC2. The van der Waals surface area contributed by atoms with Crippen LogP contribution in [-0.4, -0.2) is 59.8 Å². The first kappa shape index (κ1) is 13.6. The Bertz CT molecular complexity index is 454. The molecule has 0 saturated carbocycles. The topological polar surface area (TPSA) is 59.4 Å². The van der Waals surface area contributed by atoms with Crippen molar-refractivity contribution in [1.82, 2.24) is 19.8 Å². The molecule has 20 heavy (non-hydrogen) atoms. The maximum absolute atomic E-state index is 11.6. The molecule has 6 heteroatoms. The molecule has 0 spiro atoms. The number of hydrogen-bond donors (Lipinski definition) is 1. The number of amides is 1. The first-order valence-corrected chi connectivity index (χ1v) is 7.38. The number of rotatable bonds is 2. The number of ether oxygens (including phenoxy) is 1. The summed E-state index contributed by atoms with van der Waals surface area (Å²) in [5.74, 6) is 0.921. The van der Waals surface area contributed by atoms with Crippen LogP contribution >= 0.6 is 0 Å². The highest BCUT2D eigenvalue weighted by Gasteiger charge is 2.24. The molecule has 1 aromatic rings. The van der Waals surface area contributed by atoms with Crippen molar-refractivity contribution in [2.45, 2.75) is 31.8 Å². The number of carbonyl (C=O) groups is 1. The molecule has 6 nitrogen and oxygen atoms in total. The molecule has 1 fully saturated rings. The van der Waals surface area contributed by atoms with E-state index in [0.29, 0.717) is 11.7 Å². The van der Waals surface area contributed by atoms with Crippen molar-refractivity contribution in [3.05, 3.63) is 17.7 Å². The fourth-order valence-corrected chi connectivity index (χ4v) is 3.09. The van der Waals surface area contributed by atoms with E-state index in [4.69, 9.17) is 4.74 Å². The molecule has 3 rings (SSSR count). The van der Waals surface area contributed by atoms with Gasteiger partial charge in [-0.15, -0.1) is 0 Å². The van der Waals surface area contributed by atoms with Crippen LogP contribution in [-0.2, 0) is 17.7 Å². The van der Waals surface area contributed by atoms with Crippen molar-refractivity contribution in [2.75, 3.05) is 33.4 Å². The van der Waals surface area contributed by atoms with Gasteiger partial charge in [-0.3, -0.25) is 9.69 Å². The van der Waals surface area contributed by atoms with Crippen LogP contribution in [0.5, 0.6) is 0 Å². The van der Waals surface area contributed by atoms with E-state index in [0.717, 1.165) is 57.9 Å². The zero-order valence-corrected chi connectivity index (χ0v) is 12.0. The van der Waals surface area contributed by atoms with E-state index in [1.165, 1.54) is 0 Å². The molecule has 1 amide bonds. The quantitative estimate of drug-likeness (QED) is 0.844. The van der Waals surface area contributed by atoms with Crippen molar-refractivity contribution in [3.63, 3.8) is 0 Å². The minimum atomic E-state index is -0.105. The Morgan fingerprint density at radius 3 is 2.90 bits per heavy atom. The first-order chi connectivity index (χ1) is 9.78. The summed E-state index contributed by atoms with van der Waals surface area (Å²) < 4.78 is 7.56. The molecule has 0 bridgehead atoms. The average molecular weight is 278 g/mol. The fraction of sp³-hybridized carbons (Fsp3) is 0.714. The van der Waals surface area contributed by atoms with Crippen molar-refractivity contribution < 1.29 is 9.53 Å². The van der Waals surface area contributed by atoms with Gasteiger partial charge < -0.3 is 14.6 Å². The van der Waals surface area contributed by atoms with Gasteiger partial charge in [0, 0.05) is 58.6 Å². The molecule has 2 aliphatic rings. The highest BCUT2D eigenvalue weighted by molar-refractivity contribution is 5.91. The summed E-state index contributed by atoms with van der Waals surface area (Å²) in [5, 5.41) is 2.63. The Morgan fingerprint density at radius 1 is 1.35 bits per heavy atom. The van der Waals surface area contributed by atoms with Crippen LogP contribution in [0.15, 0.2) is 6.20 Å². The molecule has 0 radical (unpaired) electrons. The van der Waals surface area contributed by atoms with E-state index >= 15 is 0 Å². The first-order valence-electron chi connectivity index (χ1n) is 7.38. The zero-order valence-electron chi connectivity index (χ0n) is 12.0. The number of aromatic nitrogens is 2. The smallest absolute Gasteiger partial charge is 0.271 e. The zero-order chi connectivity index (χ0) is 13.9. The van der Waals surface area contributed by atoms with Crippen molar-refractivity contribution in [1.29, 1.82) is 0 Å². The summed E-state index contributed by atoms with van der Waals surface area (Å²) in [6, 6.07) is 0.645. The van der Waals surface area contributed by atoms with Crippen LogP contribution in [0.1, 0.15) is 29.2 Å². The van der Waals surface area contributed by atoms with Crippen molar-refractivity contribution in [3.8, 4) is 0 Å². The summed E-state index contributed by atoms with van der Waals surface area (Å²) in [6.45, 7) is 4.73. The number of imidazole rings is 1. The molecule has 0 atom stereocenters. The van der Waals surface area contributed by atoms with Gasteiger partial charge in [0.2, 0.25) is 0 Å². The van der Waals surface area contributed by atoms with Crippen molar-refractivity contribution >= 4 is 5.91 Å². The Kier molecular flexibility index (Phi) is 4.03. The van der Waals surface area contributed by atoms with E-state index in [9.17, 15) is 4.79 Å². The minimum Gasteiger partial charge on any atom is -0.381 e. The third-order valence-corrected chi connectivity index (χ3v) is 4.28. The largest absolute Gasteiger partial charge is 0.381 e. The maximum Gasteiger partial charge on any atom is 0.271 e. The molecular formula is C14H22N4O2. The lowest BCUT2D eigenvalue weighted by atomic mass is 10.1. The fourth-order valence-electron chi connectivity index (χ4n) is 3.09. The second kappa shape index (κ2) is 5.93. The third-order valence-electron chi connectivity index (χ3n) is 4.28. The molecular weight excluding hydrogens is 256 g/mol. The summed E-state index contributed by atoms with van der Waals surface area (Å²) >= 11 is 0. The van der Waals surface area contributed by atoms with Gasteiger partial charge in [-0.25, -0.2) is 4.98 Å². The molecule has 110 valence electrons. The Labute approximate surface area is 119 Å². The Balaban J connectivity index is 1.66. The molecule has 0 aromatic carbocycles. The maximum atomic E-state index is 11.6. The summed E-state index contributed by atoms with van der Waals surface area (Å²) in [6.07, 6.45) is 5.05. The monoisotopic (exact) mass is 278 g/mol. The van der Waals surface area contributed by atoms with Gasteiger partial charge in [-0.1, -0.05) is 0 Å². The average Bonchev–Trinajstić information content (AvgIpc) is 2.81. The summed E-state index contributed by atoms with van der Waals surface area (Å²) in [5.41, 5.74) is 0.530. The van der Waals surface area contributed by atoms with E-state index in [2.05, 4.69) is 19.8 Å². The van der Waals surface area contributed by atoms with Gasteiger partial charge in [0.1, 0.15) is 11.5 Å². The van der Waals surface area contributed by atoms with Crippen LogP contribution in [0.3, 0.4) is 0 Å². The highest BCUT2D eigenvalue weighted by atomic mass is 16.5. The van der Waals surface area contributed by atoms with Gasteiger partial charge in [-0.2, -0.15) is 0 Å². The highest BCUT2D eigenvalue weighted by Crippen LogP contribution is 2.18. The number of nitrogens with zero attached hydrogens (tertiary/aromatic N) is 3. The number of carbonyl (C=O) groups excluding carboxylic acids is 1. The van der Waals surface area contributed by atoms with Gasteiger partial charge in [0.15, 0.2) is 0 Å². The lowest BCUT2D eigenvalue weighted by Crippen LogP contribution is -2.41. The molecule has 0 aliphatic carbocycles. The van der Waals surface area contributed by atoms with Gasteiger partial charge in [-0.05, 0) is 12.8 Å². The summed E-state index contributed by atoms with van der Waals surface area (Å²) in [4.78, 5) is 18.6. The minimum absolute atomic E-state index is 0.105. The number of hydrogen-bond acceptors (Lipinski definition) is 4. The van der Waals surface area contributed by atoms with Crippen molar-refractivity contribution in [2.24, 2.45) is 0 Å². The summed E-state index contributed by atoms with van der Waals surface area (Å²) in [7, 11) is 1.64. The van der Waals surface area contributed by atoms with E-state index < -0.39 is 0 Å². The van der Waals surface area contributed by atoms with E-state index in [1.54, 1.807) is 7.05 Å². The van der Waals surface area contributed by atoms with Crippen LogP contribution in [0.25, 0.3) is 0 Å². The lowest BCUT2D eigenvalue weighted by molar-refractivity contribution is 0.0347.